The molecular formula is C28H18N8O14S2. The van der Waals surface area contributed by atoms with Gasteiger partial charge in [0.25, 0.3) is 31.6 Å². The average Bonchev–Trinajstić information content (AvgIpc) is 3.07. The first kappa shape index (κ1) is 36.3. The van der Waals surface area contributed by atoms with Crippen molar-refractivity contribution in [3.63, 3.8) is 0 Å². The van der Waals surface area contributed by atoms with Crippen LogP contribution < -0.4 is 37.8 Å². The van der Waals surface area contributed by atoms with Crippen LogP contribution >= 0.6 is 0 Å². The van der Waals surface area contributed by atoms with Gasteiger partial charge in [-0.2, -0.15) is 32.1 Å². The zero-order chi connectivity index (χ0) is 38.1. The number of nitrogens with one attached hydrogen (secondary N) is 3. The minimum atomic E-state index is -5.25. The SMILES string of the molecule is O=C1/C(=N/Nc2ccc([N+](=O)[O-])cc2)C(S(=O)(=O)O)=Cc2cc(S(=O)(=O)O)cc(N/N=c3/ccc(=O)/c(=N\Nc4cc([N+](=O)[O-])ccc4O)c3=O)c21. The number of carbonyl (C=O) groups excluding carboxylic acids is 1. The van der Waals surface area contributed by atoms with Gasteiger partial charge < -0.3 is 5.11 Å². The molecule has 0 bridgehead atoms. The summed E-state index contributed by atoms with van der Waals surface area (Å²) >= 11 is 0. The van der Waals surface area contributed by atoms with Gasteiger partial charge in [0, 0.05) is 24.3 Å². The zero-order valence-corrected chi connectivity index (χ0v) is 26.9. The second kappa shape index (κ2) is 13.7. The second-order valence-corrected chi connectivity index (χ2v) is 13.1. The predicted octanol–water partition coefficient (Wildman–Crippen LogP) is 0.800. The molecule has 0 saturated heterocycles. The Kier molecular flexibility index (Phi) is 9.56. The molecule has 1 aliphatic rings. The number of ketones is 1. The molecule has 52 heavy (non-hydrogen) atoms. The van der Waals surface area contributed by atoms with E-state index in [1.807, 2.05) is 0 Å². The van der Waals surface area contributed by atoms with E-state index in [9.17, 15) is 65.7 Å². The molecule has 0 spiro atoms. The standard InChI is InChI=1S/C28H18N8O14S2/c37-21-7-5-16(36(43)44)11-19(21)31-33-25-22(38)8-6-18(27(25)39)30-32-20-12-17(51(45,46)47)9-13-10-23(52(48,49)50)26(28(40)24(13)20)34-29-14-1-3-15(4-2-14)35(41)42/h1-12,29,31-32,37H,(H,45,46,47)(H,48,49,50)/b30-18-,33-25+,34-26+. The molecule has 0 heterocycles. The summed E-state index contributed by atoms with van der Waals surface area (Å²) in [6, 6.07) is 10.4. The Morgan fingerprint density at radius 1 is 0.692 bits per heavy atom. The number of fused-ring (bicyclic) bond motifs is 1. The van der Waals surface area contributed by atoms with Gasteiger partial charge in [0.05, 0.1) is 31.7 Å². The zero-order valence-electron chi connectivity index (χ0n) is 25.3. The van der Waals surface area contributed by atoms with Gasteiger partial charge in [-0.15, -0.1) is 0 Å². The van der Waals surface area contributed by atoms with Crippen molar-refractivity contribution in [2.75, 3.05) is 16.3 Å². The molecular weight excluding hydrogens is 736 g/mol. The Morgan fingerprint density at radius 2 is 1.33 bits per heavy atom. The number of benzene rings is 4. The summed E-state index contributed by atoms with van der Waals surface area (Å²) in [5.41, 5.74) is 0.984. The predicted molar refractivity (Wildman–Crippen MR) is 179 cm³/mol. The molecule has 0 aromatic heterocycles. The van der Waals surface area contributed by atoms with Crippen LogP contribution in [0, 0.1) is 20.2 Å². The van der Waals surface area contributed by atoms with Crippen LogP contribution in [0.3, 0.4) is 0 Å². The Hall–Kier alpha value is -7.02. The number of non-ortho nitro benzene ring substituents is 2. The molecule has 4 aromatic carbocycles. The van der Waals surface area contributed by atoms with E-state index < -0.39 is 101 Å². The molecule has 266 valence electrons. The maximum atomic E-state index is 13.8. The second-order valence-electron chi connectivity index (χ2n) is 10.3. The third-order valence-electron chi connectivity index (χ3n) is 6.90. The first-order chi connectivity index (χ1) is 24.3. The Labute approximate surface area is 287 Å². The van der Waals surface area contributed by atoms with E-state index in [1.165, 1.54) is 12.1 Å². The topological polar surface area (TPSA) is 340 Å². The third kappa shape index (κ3) is 7.58. The molecule has 6 N–H and O–H groups in total. The lowest BCUT2D eigenvalue weighted by Gasteiger charge is -2.19. The van der Waals surface area contributed by atoms with Crippen molar-refractivity contribution in [3.8, 4) is 5.75 Å². The van der Waals surface area contributed by atoms with Crippen molar-refractivity contribution >= 4 is 66.2 Å². The molecule has 0 unspecified atom stereocenters. The van der Waals surface area contributed by atoms with Gasteiger partial charge in [-0.3, -0.25) is 60.0 Å². The number of nitro groups is 2. The molecule has 22 nitrogen and oxygen atoms in total. The minimum absolute atomic E-state index is 0.0302. The molecule has 1 aliphatic carbocycles. The average molecular weight is 755 g/mol. The van der Waals surface area contributed by atoms with Crippen LogP contribution in [0.4, 0.5) is 28.4 Å². The molecule has 0 saturated carbocycles. The monoisotopic (exact) mass is 754 g/mol. The maximum absolute atomic E-state index is 13.8. The quantitative estimate of drug-likeness (QED) is 0.0564. The van der Waals surface area contributed by atoms with Crippen molar-refractivity contribution in [1.29, 1.82) is 0 Å². The number of Topliss-reactive ketones (excluding diaryl/α,β-unsaturated/α-hetero) is 1. The Bertz CT molecular complexity index is 2740. The number of allylic oxidation sites excluding steroid dienone is 1. The van der Waals surface area contributed by atoms with Crippen molar-refractivity contribution in [3.05, 3.63) is 134 Å². The van der Waals surface area contributed by atoms with E-state index in [0.29, 0.717) is 18.2 Å². The molecule has 0 fully saturated rings. The van der Waals surface area contributed by atoms with Crippen LogP contribution in [0.1, 0.15) is 15.9 Å². The van der Waals surface area contributed by atoms with Gasteiger partial charge in [0.1, 0.15) is 21.7 Å². The summed E-state index contributed by atoms with van der Waals surface area (Å²) in [6.07, 6.45) is 0.652. The van der Waals surface area contributed by atoms with Crippen LogP contribution in [0.2, 0.25) is 0 Å². The normalized spacial score (nSPS) is 14.5. The highest BCUT2D eigenvalue weighted by Gasteiger charge is 2.35. The number of nitrogens with zero attached hydrogens (tertiary/aromatic N) is 5. The van der Waals surface area contributed by atoms with Crippen molar-refractivity contribution in [2.45, 2.75) is 4.90 Å². The van der Waals surface area contributed by atoms with Crippen molar-refractivity contribution in [2.24, 2.45) is 15.3 Å². The minimum Gasteiger partial charge on any atom is -0.506 e. The number of phenolic OH excluding ortho intramolecular Hbond substituents is 1. The van der Waals surface area contributed by atoms with E-state index in [1.54, 1.807) is 0 Å². The van der Waals surface area contributed by atoms with E-state index in [0.717, 1.165) is 42.5 Å². The third-order valence-corrected chi connectivity index (χ3v) is 8.60. The largest absolute Gasteiger partial charge is 0.506 e. The van der Waals surface area contributed by atoms with Crippen LogP contribution in [0.25, 0.3) is 6.08 Å². The number of hydrogen-bond acceptors (Lipinski definition) is 18. The molecule has 24 heteroatoms. The van der Waals surface area contributed by atoms with Gasteiger partial charge >= 0.3 is 0 Å². The first-order valence-corrected chi connectivity index (χ1v) is 16.6. The van der Waals surface area contributed by atoms with Crippen molar-refractivity contribution in [1.82, 2.24) is 0 Å². The summed E-state index contributed by atoms with van der Waals surface area (Å²) in [6.45, 7) is 0. The smallest absolute Gasteiger partial charge is 0.296 e. The van der Waals surface area contributed by atoms with Crippen LogP contribution in [0.5, 0.6) is 5.75 Å². The molecule has 0 atom stereocenters. The van der Waals surface area contributed by atoms with Crippen LogP contribution in [0.15, 0.2) is 101 Å². The summed E-state index contributed by atoms with van der Waals surface area (Å²) in [5, 5.41) is 41.8. The lowest BCUT2D eigenvalue weighted by Crippen LogP contribution is -2.48. The fourth-order valence-corrected chi connectivity index (χ4v) is 5.66. The van der Waals surface area contributed by atoms with E-state index in [4.69, 9.17) is 0 Å². The number of aromatic hydroxyl groups is 1. The molecule has 0 radical (unpaired) electrons. The highest BCUT2D eigenvalue weighted by molar-refractivity contribution is 7.91. The van der Waals surface area contributed by atoms with Gasteiger partial charge in [-0.1, -0.05) is 0 Å². The number of phenols is 1. The number of nitro benzene ring substituents is 2. The van der Waals surface area contributed by atoms with Crippen molar-refractivity contribution < 1.29 is 45.7 Å². The number of hydrazone groups is 1. The summed E-state index contributed by atoms with van der Waals surface area (Å²) in [5.74, 6) is -1.80. The molecule has 4 aromatic rings. The lowest BCUT2D eigenvalue weighted by molar-refractivity contribution is -0.385. The highest BCUT2D eigenvalue weighted by Crippen LogP contribution is 2.34. The highest BCUT2D eigenvalue weighted by atomic mass is 32.2. The number of carbonyl (C=O) groups is 1. The van der Waals surface area contributed by atoms with E-state index in [2.05, 4.69) is 31.6 Å². The van der Waals surface area contributed by atoms with Gasteiger partial charge in [-0.05, 0) is 54.1 Å². The van der Waals surface area contributed by atoms with E-state index in [-0.39, 0.29) is 17.1 Å². The maximum Gasteiger partial charge on any atom is 0.296 e. The first-order valence-electron chi connectivity index (χ1n) is 13.7. The van der Waals surface area contributed by atoms with Crippen LogP contribution in [-0.2, 0) is 20.2 Å². The van der Waals surface area contributed by atoms with Gasteiger partial charge in [0.2, 0.25) is 16.6 Å². The number of rotatable bonds is 10. The fraction of sp³-hybridized carbons (Fsp3) is 0. The lowest BCUT2D eigenvalue weighted by atomic mass is 9.93. The Morgan fingerprint density at radius 3 is 1.94 bits per heavy atom. The Balaban J connectivity index is 1.62. The fourth-order valence-electron chi connectivity index (χ4n) is 4.46. The van der Waals surface area contributed by atoms with Gasteiger partial charge in [-0.25, -0.2) is 0 Å². The van der Waals surface area contributed by atoms with E-state index >= 15 is 0 Å². The summed E-state index contributed by atoms with van der Waals surface area (Å²) < 4.78 is 68.4. The van der Waals surface area contributed by atoms with Crippen LogP contribution in [-0.4, -0.2) is 52.4 Å². The molecule has 5 rings (SSSR count). The summed E-state index contributed by atoms with van der Waals surface area (Å²) in [4.78, 5) is 57.9. The molecule has 0 amide bonds. The number of hydrogen-bond donors (Lipinski definition) is 6. The van der Waals surface area contributed by atoms with Gasteiger partial charge in [0.15, 0.2) is 11.1 Å². The number of anilines is 3. The molecule has 0 aliphatic heterocycles. The summed E-state index contributed by atoms with van der Waals surface area (Å²) in [7, 11) is -10.3.